The van der Waals surface area contributed by atoms with Gasteiger partial charge in [0.05, 0.1) is 5.69 Å². The first-order valence-corrected chi connectivity index (χ1v) is 8.98. The number of anilines is 1. The van der Waals surface area contributed by atoms with Crippen molar-refractivity contribution in [1.82, 2.24) is 4.90 Å². The molecule has 1 N–H and O–H groups in total. The fraction of sp³-hybridized carbons (Fsp3) is 0.217. The van der Waals surface area contributed by atoms with Gasteiger partial charge in [0.15, 0.2) is 5.78 Å². The van der Waals surface area contributed by atoms with Crippen LogP contribution < -0.4 is 5.32 Å². The van der Waals surface area contributed by atoms with Crippen molar-refractivity contribution in [2.24, 2.45) is 0 Å². The monoisotopic (exact) mass is 382 g/mol. The van der Waals surface area contributed by atoms with Crippen LogP contribution in [0.3, 0.4) is 0 Å². The lowest BCUT2D eigenvalue weighted by Gasteiger charge is -2.14. The zero-order chi connectivity index (χ0) is 20.9. The second-order valence-electron chi connectivity index (χ2n) is 6.19. The number of hydrogen-bond donors (Lipinski definition) is 1. The van der Waals surface area contributed by atoms with Crippen molar-refractivity contribution in [2.75, 3.05) is 25.0 Å². The van der Waals surface area contributed by atoms with Gasteiger partial charge in [-0.2, -0.15) is 0 Å². The van der Waals surface area contributed by atoms with E-state index in [2.05, 4.69) is 36.5 Å². The minimum Gasteiger partial charge on any atom is -0.328 e. The molecule has 148 valence electrons. The van der Waals surface area contributed by atoms with Crippen LogP contribution in [-0.2, 0) is 4.79 Å². The quantitative estimate of drug-likeness (QED) is 0.287. The van der Waals surface area contributed by atoms with Gasteiger partial charge in [-0.3, -0.25) is 14.5 Å². The number of amides is 1. The number of para-hydroxylation sites is 1. The van der Waals surface area contributed by atoms with Crippen molar-refractivity contribution in [3.8, 4) is 0 Å². The lowest BCUT2D eigenvalue weighted by atomic mass is 10.0. The molecule has 0 atom stereocenters. The molecular weight excluding hydrogens is 355 g/mol. The molecule has 1 saturated heterocycles. The topological polar surface area (TPSA) is 49.4 Å². The number of Topliss-reactive ketones (excluding diaryl/α,β-unsaturated/α-hetero) is 1. The summed E-state index contributed by atoms with van der Waals surface area (Å²) in [5, 5.41) is 2.49. The Morgan fingerprint density at radius 2 is 1.82 bits per heavy atom. The van der Waals surface area contributed by atoms with E-state index in [4.69, 9.17) is 0 Å². The summed E-state index contributed by atoms with van der Waals surface area (Å²) in [7, 11) is 0. The largest absolute Gasteiger partial charge is 0.328 e. The van der Waals surface area contributed by atoms with Gasteiger partial charge in [0.2, 0.25) is 6.41 Å². The molecule has 0 aromatic heterocycles. The van der Waals surface area contributed by atoms with Crippen molar-refractivity contribution in [3.05, 3.63) is 91.3 Å². The first-order chi connectivity index (χ1) is 13.4. The minimum atomic E-state index is -0.378. The molecule has 0 radical (unpaired) electrons. The van der Waals surface area contributed by atoms with Crippen LogP contribution in [0.2, 0.25) is 0 Å². The third-order valence-corrected chi connectivity index (χ3v) is 4.16. The van der Waals surface area contributed by atoms with E-state index in [1.54, 1.807) is 30.3 Å². The lowest BCUT2D eigenvalue weighted by Crippen LogP contribution is -2.21. The Kier molecular flexibility index (Phi) is 10.1. The average Bonchev–Trinajstić information content (AvgIpc) is 3.20. The number of halogens is 1. The molecule has 2 rings (SSSR count). The zero-order valence-corrected chi connectivity index (χ0v) is 16.1. The van der Waals surface area contributed by atoms with Crippen LogP contribution in [0.1, 0.15) is 23.2 Å². The molecule has 1 heterocycles. The van der Waals surface area contributed by atoms with E-state index >= 15 is 0 Å². The van der Waals surface area contributed by atoms with Crippen molar-refractivity contribution < 1.29 is 14.0 Å². The van der Waals surface area contributed by atoms with Crippen LogP contribution in [0, 0.1) is 0 Å². The van der Waals surface area contributed by atoms with Gasteiger partial charge in [0, 0.05) is 17.7 Å². The Hall–Kier alpha value is -3.05. The summed E-state index contributed by atoms with van der Waals surface area (Å²) >= 11 is 0. The summed E-state index contributed by atoms with van der Waals surface area (Å²) < 4.78 is 12.4. The maximum Gasteiger partial charge on any atom is 0.211 e. The van der Waals surface area contributed by atoms with Crippen LogP contribution in [0.25, 0.3) is 0 Å². The predicted molar refractivity (Wildman–Crippen MR) is 114 cm³/mol. The number of benzene rings is 1. The van der Waals surface area contributed by atoms with Gasteiger partial charge < -0.3 is 5.32 Å². The summed E-state index contributed by atoms with van der Waals surface area (Å²) in [5.74, 6) is -0.582. The van der Waals surface area contributed by atoms with Crippen molar-refractivity contribution >= 4 is 17.9 Å². The third-order valence-electron chi connectivity index (χ3n) is 4.16. The summed E-state index contributed by atoms with van der Waals surface area (Å²) in [5.41, 5.74) is 1.85. The highest BCUT2D eigenvalue weighted by Crippen LogP contribution is 2.19. The van der Waals surface area contributed by atoms with Crippen LogP contribution in [0.5, 0.6) is 0 Å². The number of hydrogen-bond acceptors (Lipinski definition) is 3. The molecule has 1 amide bonds. The lowest BCUT2D eigenvalue weighted by molar-refractivity contribution is -0.105. The normalized spacial score (nSPS) is 13.7. The Morgan fingerprint density at radius 1 is 1.18 bits per heavy atom. The highest BCUT2D eigenvalue weighted by molar-refractivity contribution is 6.14. The van der Waals surface area contributed by atoms with Gasteiger partial charge in [0.25, 0.3) is 0 Å². The van der Waals surface area contributed by atoms with E-state index in [-0.39, 0.29) is 11.6 Å². The van der Waals surface area contributed by atoms with Gasteiger partial charge in [-0.25, -0.2) is 4.39 Å². The van der Waals surface area contributed by atoms with Gasteiger partial charge >= 0.3 is 0 Å². The fourth-order valence-electron chi connectivity index (χ4n) is 2.69. The second-order valence-corrected chi connectivity index (χ2v) is 6.19. The molecule has 1 aromatic carbocycles. The molecule has 1 aromatic rings. The van der Waals surface area contributed by atoms with Crippen molar-refractivity contribution in [1.29, 1.82) is 0 Å². The number of nitrogens with one attached hydrogen (secondary N) is 1. The number of ketones is 1. The van der Waals surface area contributed by atoms with Crippen molar-refractivity contribution in [3.63, 3.8) is 0 Å². The molecule has 28 heavy (non-hydrogen) atoms. The molecule has 1 fully saturated rings. The summed E-state index contributed by atoms with van der Waals surface area (Å²) in [6.45, 7) is 16.7. The van der Waals surface area contributed by atoms with E-state index in [1.807, 2.05) is 0 Å². The standard InChI is InChI=1S/C14H13NO2.C9H14FN/c1-3-7-11(4-2)14(17)12-8-5-6-9-13(12)15-10-16;1-8(9(2)10)7-11-5-3-4-6-11/h3-10H,1-2H2,(H,15,16);1-7H2/b11-7+;. The Morgan fingerprint density at radius 3 is 2.36 bits per heavy atom. The molecule has 0 aliphatic carbocycles. The molecule has 0 spiro atoms. The highest BCUT2D eigenvalue weighted by Gasteiger charge is 2.13. The second kappa shape index (κ2) is 12.4. The first-order valence-electron chi connectivity index (χ1n) is 8.98. The third kappa shape index (κ3) is 7.29. The summed E-state index contributed by atoms with van der Waals surface area (Å²) in [4.78, 5) is 24.8. The maximum atomic E-state index is 12.4. The van der Waals surface area contributed by atoms with E-state index in [1.165, 1.54) is 25.0 Å². The zero-order valence-electron chi connectivity index (χ0n) is 16.1. The van der Waals surface area contributed by atoms with Crippen molar-refractivity contribution in [2.45, 2.75) is 12.8 Å². The van der Waals surface area contributed by atoms with E-state index in [9.17, 15) is 14.0 Å². The summed E-state index contributed by atoms with van der Waals surface area (Å²) in [6.07, 6.45) is 7.55. The highest BCUT2D eigenvalue weighted by atomic mass is 19.1. The van der Waals surface area contributed by atoms with Gasteiger partial charge in [-0.1, -0.05) is 56.7 Å². The number of carbonyl (C=O) groups excluding carboxylic acids is 2. The Bertz CT molecular complexity index is 775. The maximum absolute atomic E-state index is 12.4. The van der Waals surface area contributed by atoms with Crippen LogP contribution in [0.4, 0.5) is 10.1 Å². The first kappa shape index (κ1) is 23.0. The van der Waals surface area contributed by atoms with E-state index in [0.717, 1.165) is 13.1 Å². The molecule has 0 unspecified atom stereocenters. The smallest absolute Gasteiger partial charge is 0.211 e. The molecule has 0 saturated carbocycles. The molecule has 5 heteroatoms. The molecule has 1 aliphatic rings. The number of rotatable bonds is 9. The number of nitrogens with zero attached hydrogens (tertiary/aromatic N) is 1. The number of allylic oxidation sites excluding steroid dienone is 4. The number of likely N-dealkylation sites (tertiary alicyclic amines) is 1. The Labute approximate surface area is 166 Å². The van der Waals surface area contributed by atoms with E-state index < -0.39 is 0 Å². The van der Waals surface area contributed by atoms with Crippen LogP contribution in [-0.4, -0.2) is 36.7 Å². The molecule has 4 nitrogen and oxygen atoms in total. The predicted octanol–water partition coefficient (Wildman–Crippen LogP) is 4.86. The van der Waals surface area contributed by atoms with Gasteiger partial charge in [-0.15, -0.1) is 0 Å². The fourth-order valence-corrected chi connectivity index (χ4v) is 2.69. The SMILES string of the molecule is C=C(F)C(=C)CN1CCCC1.C=C/C=C(\C=C)C(=O)c1ccccc1NC=O. The molecule has 1 aliphatic heterocycles. The Balaban J connectivity index is 0.000000307. The average molecular weight is 382 g/mol. The molecular formula is C23H27FN2O2. The molecule has 0 bridgehead atoms. The number of carbonyl (C=O) groups is 2. The summed E-state index contributed by atoms with van der Waals surface area (Å²) in [6, 6.07) is 6.79. The van der Waals surface area contributed by atoms with Gasteiger partial charge in [-0.05, 0) is 43.6 Å². The van der Waals surface area contributed by atoms with Crippen LogP contribution in [0.15, 0.2) is 85.8 Å². The van der Waals surface area contributed by atoms with E-state index in [0.29, 0.717) is 35.4 Å². The van der Waals surface area contributed by atoms with Gasteiger partial charge in [0.1, 0.15) is 5.83 Å². The van der Waals surface area contributed by atoms with Crippen LogP contribution >= 0.6 is 0 Å². The minimum absolute atomic E-state index is 0.204.